The van der Waals surface area contributed by atoms with E-state index in [4.69, 9.17) is 0 Å². The quantitative estimate of drug-likeness (QED) is 0.722. The van der Waals surface area contributed by atoms with Crippen LogP contribution in [0.5, 0.6) is 0 Å². The van der Waals surface area contributed by atoms with Gasteiger partial charge in [-0.1, -0.05) is 6.07 Å². The third-order valence-electron chi connectivity index (χ3n) is 4.49. The summed E-state index contributed by atoms with van der Waals surface area (Å²) in [5.74, 6) is -0.299. The lowest BCUT2D eigenvalue weighted by atomic mass is 9.98. The second-order valence-corrected chi connectivity index (χ2v) is 10.2. The Morgan fingerprint density at radius 2 is 2.08 bits per heavy atom. The molecule has 2 rings (SSSR count). The van der Waals surface area contributed by atoms with Crippen molar-refractivity contribution in [1.29, 1.82) is 0 Å². The zero-order chi connectivity index (χ0) is 19.3. The molecule has 1 aliphatic rings. The Morgan fingerprint density at radius 1 is 1.35 bits per heavy atom. The van der Waals surface area contributed by atoms with E-state index < -0.39 is 21.3 Å². The van der Waals surface area contributed by atoms with Gasteiger partial charge in [0.25, 0.3) is 5.91 Å². The molecule has 26 heavy (non-hydrogen) atoms. The van der Waals surface area contributed by atoms with Gasteiger partial charge in [-0.25, -0.2) is 13.1 Å². The first-order valence-corrected chi connectivity index (χ1v) is 11.2. The van der Waals surface area contributed by atoms with Crippen molar-refractivity contribution in [2.75, 3.05) is 19.6 Å². The fraction of sp³-hybridized carbons (Fsp3) is 0.647. The number of likely N-dealkylation sites (tertiary alicyclic amines) is 1. The van der Waals surface area contributed by atoms with E-state index in [2.05, 4.69) is 10.0 Å². The Bertz CT molecular complexity index is 716. The molecular formula is C17H27N3O4S2. The molecule has 2 heterocycles. The molecule has 146 valence electrons. The minimum Gasteiger partial charge on any atom is -0.341 e. The fourth-order valence-corrected chi connectivity index (χ4v) is 4.27. The Balaban J connectivity index is 1.87. The third-order valence-corrected chi connectivity index (χ3v) is 7.17. The highest BCUT2D eigenvalue weighted by Gasteiger charge is 2.28. The SMILES string of the molecule is CC(C)S(=O)(=O)NC[C@@H]1CCCN(C(=O)[C@H](C)NC(=O)c2cccs2)C1. The molecule has 1 aromatic heterocycles. The molecule has 0 radical (unpaired) electrons. The largest absolute Gasteiger partial charge is 0.341 e. The van der Waals surface area contributed by atoms with Gasteiger partial charge in [-0.05, 0) is 51.0 Å². The van der Waals surface area contributed by atoms with Crippen LogP contribution in [0.4, 0.5) is 0 Å². The smallest absolute Gasteiger partial charge is 0.261 e. The van der Waals surface area contributed by atoms with Crippen LogP contribution in [0.3, 0.4) is 0 Å². The number of nitrogens with one attached hydrogen (secondary N) is 2. The Labute approximate surface area is 159 Å². The molecule has 0 saturated carbocycles. The standard InChI is InChI=1S/C17H27N3O4S2/c1-12(2)26(23,24)18-10-14-6-4-8-20(11-14)17(22)13(3)19-16(21)15-7-5-9-25-15/h5,7,9,12-14,18H,4,6,8,10-11H2,1-3H3,(H,19,21)/t13-,14-/m0/s1. The molecule has 1 saturated heterocycles. The number of nitrogens with zero attached hydrogens (tertiary/aromatic N) is 1. The van der Waals surface area contributed by atoms with E-state index in [0.717, 1.165) is 12.8 Å². The van der Waals surface area contributed by atoms with Gasteiger partial charge in [0.15, 0.2) is 0 Å². The monoisotopic (exact) mass is 401 g/mol. The number of hydrogen-bond acceptors (Lipinski definition) is 5. The molecule has 2 N–H and O–H groups in total. The predicted molar refractivity (Wildman–Crippen MR) is 103 cm³/mol. The summed E-state index contributed by atoms with van der Waals surface area (Å²) in [6.45, 7) is 6.41. The molecule has 0 unspecified atom stereocenters. The first kappa shape index (κ1) is 20.9. The van der Waals surface area contributed by atoms with E-state index in [1.54, 1.807) is 37.8 Å². The van der Waals surface area contributed by atoms with Crippen molar-refractivity contribution in [3.8, 4) is 0 Å². The predicted octanol–water partition coefficient (Wildman–Crippen LogP) is 1.43. The average Bonchev–Trinajstić information content (AvgIpc) is 3.14. The van der Waals surface area contributed by atoms with Crippen LogP contribution < -0.4 is 10.0 Å². The molecule has 1 fully saturated rings. The van der Waals surface area contributed by atoms with Gasteiger partial charge in [0.1, 0.15) is 6.04 Å². The van der Waals surface area contributed by atoms with Crippen LogP contribution in [0, 0.1) is 5.92 Å². The Morgan fingerprint density at radius 3 is 2.69 bits per heavy atom. The van der Waals surface area contributed by atoms with Crippen LogP contribution in [0.2, 0.25) is 0 Å². The maximum atomic E-state index is 12.6. The van der Waals surface area contributed by atoms with Crippen LogP contribution in [-0.4, -0.2) is 56.1 Å². The van der Waals surface area contributed by atoms with Crippen molar-refractivity contribution >= 4 is 33.2 Å². The van der Waals surface area contributed by atoms with Crippen molar-refractivity contribution in [3.05, 3.63) is 22.4 Å². The van der Waals surface area contributed by atoms with Gasteiger partial charge < -0.3 is 10.2 Å². The summed E-state index contributed by atoms with van der Waals surface area (Å²) < 4.78 is 26.4. The van der Waals surface area contributed by atoms with E-state index in [1.165, 1.54) is 11.3 Å². The third kappa shape index (κ3) is 5.52. The summed E-state index contributed by atoms with van der Waals surface area (Å²) in [6, 6.07) is 2.89. The molecule has 2 atom stereocenters. The summed E-state index contributed by atoms with van der Waals surface area (Å²) in [5.41, 5.74) is 0. The van der Waals surface area contributed by atoms with Crippen molar-refractivity contribution in [2.45, 2.75) is 44.9 Å². The molecule has 0 aromatic carbocycles. The maximum absolute atomic E-state index is 12.6. The summed E-state index contributed by atoms with van der Waals surface area (Å²) in [6.07, 6.45) is 1.70. The zero-order valence-corrected chi connectivity index (χ0v) is 17.0. The van der Waals surface area contributed by atoms with E-state index in [1.807, 2.05) is 5.38 Å². The lowest BCUT2D eigenvalue weighted by molar-refractivity contribution is -0.134. The Kier molecular flexibility index (Phi) is 7.19. The van der Waals surface area contributed by atoms with E-state index in [-0.39, 0.29) is 17.7 Å². The first-order valence-electron chi connectivity index (χ1n) is 8.82. The average molecular weight is 402 g/mol. The summed E-state index contributed by atoms with van der Waals surface area (Å²) in [4.78, 5) is 27.0. The first-order chi connectivity index (χ1) is 12.2. The molecule has 1 aliphatic heterocycles. The topological polar surface area (TPSA) is 95.6 Å². The van der Waals surface area contributed by atoms with E-state index >= 15 is 0 Å². The summed E-state index contributed by atoms with van der Waals surface area (Å²) in [5, 5.41) is 4.07. The van der Waals surface area contributed by atoms with Gasteiger partial charge in [-0.15, -0.1) is 11.3 Å². The van der Waals surface area contributed by atoms with Crippen LogP contribution in [0.15, 0.2) is 17.5 Å². The number of hydrogen-bond donors (Lipinski definition) is 2. The van der Waals surface area contributed by atoms with Gasteiger partial charge in [0, 0.05) is 19.6 Å². The lowest BCUT2D eigenvalue weighted by Crippen LogP contribution is -2.51. The van der Waals surface area contributed by atoms with Gasteiger partial charge >= 0.3 is 0 Å². The molecule has 0 aliphatic carbocycles. The highest BCUT2D eigenvalue weighted by atomic mass is 32.2. The van der Waals surface area contributed by atoms with Crippen LogP contribution >= 0.6 is 11.3 Å². The number of piperidine rings is 1. The van der Waals surface area contributed by atoms with Gasteiger partial charge in [-0.3, -0.25) is 9.59 Å². The molecular weight excluding hydrogens is 374 g/mol. The highest BCUT2D eigenvalue weighted by Crippen LogP contribution is 2.17. The summed E-state index contributed by atoms with van der Waals surface area (Å²) >= 11 is 1.33. The summed E-state index contributed by atoms with van der Waals surface area (Å²) in [7, 11) is -3.30. The molecule has 7 nitrogen and oxygen atoms in total. The normalized spacial score (nSPS) is 19.4. The number of rotatable bonds is 7. The second kappa shape index (κ2) is 8.96. The highest BCUT2D eigenvalue weighted by molar-refractivity contribution is 7.90. The van der Waals surface area contributed by atoms with Crippen LogP contribution in [0.25, 0.3) is 0 Å². The fourth-order valence-electron chi connectivity index (χ4n) is 2.84. The van der Waals surface area contributed by atoms with Gasteiger partial charge in [-0.2, -0.15) is 0 Å². The van der Waals surface area contributed by atoms with Crippen molar-refractivity contribution < 1.29 is 18.0 Å². The van der Waals surface area contributed by atoms with Gasteiger partial charge in [0.2, 0.25) is 15.9 Å². The number of carbonyl (C=O) groups is 2. The molecule has 0 spiro atoms. The minimum absolute atomic E-state index is 0.0847. The minimum atomic E-state index is -3.30. The molecule has 0 bridgehead atoms. The van der Waals surface area contributed by atoms with Crippen molar-refractivity contribution in [3.63, 3.8) is 0 Å². The van der Waals surface area contributed by atoms with Crippen molar-refractivity contribution in [2.24, 2.45) is 5.92 Å². The molecule has 1 aromatic rings. The van der Waals surface area contributed by atoms with Crippen molar-refractivity contribution in [1.82, 2.24) is 14.9 Å². The number of thiophene rings is 1. The lowest BCUT2D eigenvalue weighted by Gasteiger charge is -2.34. The molecule has 9 heteroatoms. The van der Waals surface area contributed by atoms with Crippen LogP contribution in [-0.2, 0) is 14.8 Å². The number of amides is 2. The van der Waals surface area contributed by atoms with E-state index in [9.17, 15) is 18.0 Å². The zero-order valence-electron chi connectivity index (χ0n) is 15.4. The number of sulfonamides is 1. The second-order valence-electron chi connectivity index (χ2n) is 6.91. The van der Waals surface area contributed by atoms with Gasteiger partial charge in [0.05, 0.1) is 10.1 Å². The molecule has 2 amide bonds. The van der Waals surface area contributed by atoms with Crippen LogP contribution in [0.1, 0.15) is 43.3 Å². The Hall–Kier alpha value is -1.45. The number of carbonyl (C=O) groups excluding carboxylic acids is 2. The maximum Gasteiger partial charge on any atom is 0.261 e. The van der Waals surface area contributed by atoms with E-state index in [0.29, 0.717) is 24.5 Å².